The third-order valence-electron chi connectivity index (χ3n) is 5.80. The van der Waals surface area contributed by atoms with E-state index < -0.39 is 37.1 Å². The predicted molar refractivity (Wildman–Crippen MR) is 107 cm³/mol. The average molecular weight is 398 g/mol. The van der Waals surface area contributed by atoms with Crippen LogP contribution in [0.15, 0.2) is 42.0 Å². The number of fused-ring (bicyclic) bond motifs is 1. The zero-order valence-corrected chi connectivity index (χ0v) is 16.2. The molecular weight excluding hydrogens is 372 g/mol. The third kappa shape index (κ3) is 3.82. The van der Waals surface area contributed by atoms with Crippen LogP contribution in [0.4, 0.5) is 0 Å². The van der Waals surface area contributed by atoms with Crippen molar-refractivity contribution in [2.24, 2.45) is 0 Å². The molecule has 1 heterocycles. The Morgan fingerprint density at radius 3 is 2.55 bits per heavy atom. The molecule has 1 unspecified atom stereocenters. The van der Waals surface area contributed by atoms with Gasteiger partial charge in [-0.3, -0.25) is 0 Å². The van der Waals surface area contributed by atoms with Crippen LogP contribution in [0.2, 0.25) is 0 Å². The SMILES string of the molecule is Cc1ccc2c(c1)C=C(Cc1ccc(O)c(C3O[C@H](CO)[C@@H](O)[C@H](O)[C@H]3O)c1)C2. The Hall–Kier alpha value is -2.22. The number of allylic oxidation sites excluding steroid dienone is 1. The Bertz CT molecular complexity index is 935. The molecule has 6 nitrogen and oxygen atoms in total. The van der Waals surface area contributed by atoms with Crippen molar-refractivity contribution in [3.05, 3.63) is 69.8 Å². The number of aliphatic hydroxyl groups excluding tert-OH is 4. The molecule has 2 aromatic rings. The van der Waals surface area contributed by atoms with E-state index in [1.54, 1.807) is 12.1 Å². The number of hydrogen-bond donors (Lipinski definition) is 5. The second-order valence-corrected chi connectivity index (χ2v) is 8.00. The van der Waals surface area contributed by atoms with Crippen LogP contribution in [0.25, 0.3) is 6.08 Å². The molecule has 4 rings (SSSR count). The highest BCUT2D eigenvalue weighted by Gasteiger charge is 2.44. The maximum absolute atomic E-state index is 10.4. The monoisotopic (exact) mass is 398 g/mol. The van der Waals surface area contributed by atoms with Gasteiger partial charge in [-0.15, -0.1) is 0 Å². The van der Waals surface area contributed by atoms with Gasteiger partial charge in [0.25, 0.3) is 0 Å². The van der Waals surface area contributed by atoms with E-state index in [1.165, 1.54) is 22.3 Å². The summed E-state index contributed by atoms with van der Waals surface area (Å²) in [7, 11) is 0. The maximum atomic E-state index is 10.4. The Morgan fingerprint density at radius 1 is 1.00 bits per heavy atom. The number of phenolic OH excluding ortho intramolecular Hbond substituents is 1. The van der Waals surface area contributed by atoms with Crippen LogP contribution < -0.4 is 0 Å². The minimum absolute atomic E-state index is 0.0719. The molecule has 29 heavy (non-hydrogen) atoms. The van der Waals surface area contributed by atoms with Crippen molar-refractivity contribution in [1.29, 1.82) is 0 Å². The third-order valence-corrected chi connectivity index (χ3v) is 5.80. The first-order valence-corrected chi connectivity index (χ1v) is 9.78. The zero-order chi connectivity index (χ0) is 20.7. The minimum Gasteiger partial charge on any atom is -0.508 e. The zero-order valence-electron chi connectivity index (χ0n) is 16.2. The van der Waals surface area contributed by atoms with Crippen LogP contribution in [-0.4, -0.2) is 56.6 Å². The number of phenols is 1. The van der Waals surface area contributed by atoms with Crippen molar-refractivity contribution in [3.8, 4) is 5.75 Å². The fourth-order valence-electron chi connectivity index (χ4n) is 4.20. The van der Waals surface area contributed by atoms with Gasteiger partial charge in [0.05, 0.1) is 6.61 Å². The molecule has 2 aromatic carbocycles. The van der Waals surface area contributed by atoms with E-state index in [9.17, 15) is 25.5 Å². The minimum atomic E-state index is -1.48. The summed E-state index contributed by atoms with van der Waals surface area (Å²) in [6.07, 6.45) is -2.68. The van der Waals surface area contributed by atoms with Gasteiger partial charge in [0, 0.05) is 5.56 Å². The molecule has 2 aliphatic rings. The number of aromatic hydroxyl groups is 1. The molecule has 154 valence electrons. The fraction of sp³-hybridized carbons (Fsp3) is 0.391. The first kappa shape index (κ1) is 20.1. The predicted octanol–water partition coefficient (Wildman–Crippen LogP) is 1.40. The van der Waals surface area contributed by atoms with Crippen LogP contribution in [0.3, 0.4) is 0 Å². The van der Waals surface area contributed by atoms with Crippen molar-refractivity contribution < 1.29 is 30.3 Å². The van der Waals surface area contributed by atoms with Crippen LogP contribution >= 0.6 is 0 Å². The van der Waals surface area contributed by atoms with Crippen LogP contribution in [0.5, 0.6) is 5.75 Å². The fourth-order valence-corrected chi connectivity index (χ4v) is 4.20. The number of benzene rings is 2. The molecule has 6 heteroatoms. The van der Waals surface area contributed by atoms with Crippen molar-refractivity contribution >= 4 is 6.08 Å². The Morgan fingerprint density at radius 2 is 1.79 bits per heavy atom. The first-order valence-electron chi connectivity index (χ1n) is 9.78. The lowest BCUT2D eigenvalue weighted by molar-refractivity contribution is -0.232. The number of hydrogen-bond acceptors (Lipinski definition) is 6. The van der Waals surface area contributed by atoms with E-state index in [-0.39, 0.29) is 5.75 Å². The van der Waals surface area contributed by atoms with E-state index in [1.807, 2.05) is 6.07 Å². The molecule has 1 fully saturated rings. The Labute approximate surface area is 169 Å². The normalized spacial score (nSPS) is 28.9. The van der Waals surface area contributed by atoms with Gasteiger partial charge in [0.15, 0.2) is 0 Å². The number of rotatable bonds is 4. The summed E-state index contributed by atoms with van der Waals surface area (Å²) >= 11 is 0. The van der Waals surface area contributed by atoms with Crippen molar-refractivity contribution in [1.82, 2.24) is 0 Å². The number of aliphatic hydroxyl groups is 4. The van der Waals surface area contributed by atoms with Gasteiger partial charge in [-0.25, -0.2) is 0 Å². The molecule has 0 spiro atoms. The second-order valence-electron chi connectivity index (χ2n) is 8.00. The molecule has 5 atom stereocenters. The summed E-state index contributed by atoms with van der Waals surface area (Å²) in [6, 6.07) is 11.5. The molecular formula is C23H26O6. The Kier molecular flexibility index (Phi) is 5.46. The quantitative estimate of drug-likeness (QED) is 0.533. The summed E-state index contributed by atoms with van der Waals surface area (Å²) < 4.78 is 5.60. The number of ether oxygens (including phenoxy) is 1. The van der Waals surface area contributed by atoms with Crippen LogP contribution in [0.1, 0.15) is 33.9 Å². The number of aryl methyl sites for hydroxylation is 1. The average Bonchev–Trinajstić information content (AvgIpc) is 3.09. The molecule has 1 aliphatic carbocycles. The van der Waals surface area contributed by atoms with Crippen molar-refractivity contribution in [2.75, 3.05) is 6.61 Å². The molecule has 1 saturated heterocycles. The lowest BCUT2D eigenvalue weighted by Gasteiger charge is -2.40. The molecule has 0 bridgehead atoms. The molecule has 0 aromatic heterocycles. The van der Waals surface area contributed by atoms with Crippen LogP contribution in [-0.2, 0) is 17.6 Å². The Balaban J connectivity index is 1.58. The largest absolute Gasteiger partial charge is 0.508 e. The van der Waals surface area contributed by atoms with E-state index >= 15 is 0 Å². The highest BCUT2D eigenvalue weighted by molar-refractivity contribution is 5.65. The highest BCUT2D eigenvalue weighted by Crippen LogP contribution is 2.37. The van der Waals surface area contributed by atoms with E-state index in [0.29, 0.717) is 12.0 Å². The van der Waals surface area contributed by atoms with Gasteiger partial charge in [-0.1, -0.05) is 41.5 Å². The summed E-state index contributed by atoms with van der Waals surface area (Å²) in [5, 5.41) is 50.2. The highest BCUT2D eigenvalue weighted by atomic mass is 16.5. The summed E-state index contributed by atoms with van der Waals surface area (Å²) in [5.41, 5.74) is 6.25. The van der Waals surface area contributed by atoms with E-state index in [2.05, 4.69) is 31.2 Å². The summed E-state index contributed by atoms with van der Waals surface area (Å²) in [5.74, 6) is -0.0719. The van der Waals surface area contributed by atoms with Gasteiger partial charge < -0.3 is 30.3 Å². The molecule has 0 amide bonds. The molecule has 5 N–H and O–H groups in total. The smallest absolute Gasteiger partial charge is 0.121 e. The van der Waals surface area contributed by atoms with Gasteiger partial charge in [-0.05, 0) is 48.6 Å². The summed E-state index contributed by atoms with van der Waals surface area (Å²) in [6.45, 7) is 1.56. The maximum Gasteiger partial charge on any atom is 0.121 e. The second kappa shape index (κ2) is 7.89. The standard InChI is InChI=1S/C23H26O6/c1-12-2-4-15-8-14(9-16(15)6-12)7-13-3-5-18(25)17(10-13)23-22(28)21(27)20(26)19(11-24)29-23/h2-6,9-10,19-28H,7-8,11H2,1H3/t19-,20-,21+,22-,23?/m1/s1. The van der Waals surface area contributed by atoms with E-state index in [0.717, 1.165) is 12.0 Å². The van der Waals surface area contributed by atoms with E-state index in [4.69, 9.17) is 4.74 Å². The van der Waals surface area contributed by atoms with Crippen molar-refractivity contribution in [2.45, 2.75) is 50.3 Å². The van der Waals surface area contributed by atoms with Gasteiger partial charge >= 0.3 is 0 Å². The molecule has 0 radical (unpaired) electrons. The van der Waals surface area contributed by atoms with Gasteiger partial charge in [0.1, 0.15) is 36.3 Å². The van der Waals surface area contributed by atoms with Gasteiger partial charge in [0.2, 0.25) is 0 Å². The molecule has 0 saturated carbocycles. The molecule has 1 aliphatic heterocycles. The topological polar surface area (TPSA) is 110 Å². The van der Waals surface area contributed by atoms with Crippen LogP contribution in [0, 0.1) is 6.92 Å². The summed E-state index contributed by atoms with van der Waals surface area (Å²) in [4.78, 5) is 0. The lowest BCUT2D eigenvalue weighted by Crippen LogP contribution is -2.55. The lowest BCUT2D eigenvalue weighted by atomic mass is 9.89. The first-order chi connectivity index (χ1) is 13.9. The van der Waals surface area contributed by atoms with Gasteiger partial charge in [-0.2, -0.15) is 0 Å². The van der Waals surface area contributed by atoms with Crippen molar-refractivity contribution in [3.63, 3.8) is 0 Å².